The Labute approximate surface area is 311 Å². The number of esters is 4. The van der Waals surface area contributed by atoms with Crippen molar-refractivity contribution in [2.75, 3.05) is 13.2 Å². The van der Waals surface area contributed by atoms with Crippen molar-refractivity contribution < 1.29 is 38.1 Å². The number of carbonyl (C=O) groups is 4. The van der Waals surface area contributed by atoms with E-state index in [9.17, 15) is 19.2 Å². The zero-order valence-electron chi connectivity index (χ0n) is 28.1. The molecule has 14 heteroatoms. The van der Waals surface area contributed by atoms with Crippen LogP contribution in [0.3, 0.4) is 0 Å². The monoisotopic (exact) mass is 786 g/mol. The van der Waals surface area contributed by atoms with E-state index in [4.69, 9.17) is 88.6 Å². The van der Waals surface area contributed by atoms with Crippen LogP contribution in [0.4, 0.5) is 0 Å². The van der Waals surface area contributed by atoms with Crippen molar-refractivity contribution in [2.45, 2.75) is 81.1 Å². The molecule has 0 bridgehead atoms. The van der Waals surface area contributed by atoms with Gasteiger partial charge in [-0.15, -0.1) is 0 Å². The first-order valence-electron chi connectivity index (χ1n) is 15.2. The maximum Gasteiger partial charge on any atom is 0.423 e. The van der Waals surface area contributed by atoms with Gasteiger partial charge >= 0.3 is 23.9 Å². The normalized spacial score (nSPS) is 11.9. The Balaban J connectivity index is 2.35. The lowest BCUT2D eigenvalue weighted by Crippen LogP contribution is -2.28. The molecule has 266 valence electrons. The molecule has 0 aliphatic heterocycles. The van der Waals surface area contributed by atoms with E-state index >= 15 is 0 Å². The lowest BCUT2D eigenvalue weighted by Gasteiger charge is -2.25. The Morgan fingerprint density at radius 3 is 1.19 bits per heavy atom. The molecule has 0 saturated carbocycles. The van der Waals surface area contributed by atoms with Crippen molar-refractivity contribution in [3.05, 3.63) is 53.4 Å². The third-order valence-electron chi connectivity index (χ3n) is 7.20. The number of ether oxygens (including phenoxy) is 4. The van der Waals surface area contributed by atoms with Crippen molar-refractivity contribution in [3.8, 4) is 11.5 Å². The fourth-order valence-electron chi connectivity index (χ4n) is 4.16. The zero-order chi connectivity index (χ0) is 36.7. The van der Waals surface area contributed by atoms with Gasteiger partial charge in [-0.2, -0.15) is 0 Å². The maximum atomic E-state index is 13.2. The van der Waals surface area contributed by atoms with E-state index in [0.29, 0.717) is 11.8 Å². The van der Waals surface area contributed by atoms with Crippen molar-refractivity contribution >= 4 is 93.5 Å². The van der Waals surface area contributed by atoms with Gasteiger partial charge in [0, 0.05) is 0 Å². The van der Waals surface area contributed by atoms with E-state index in [1.54, 1.807) is 0 Å². The van der Waals surface area contributed by atoms with Gasteiger partial charge in [-0.3, -0.25) is 0 Å². The molecule has 0 radical (unpaired) electrons. The van der Waals surface area contributed by atoms with E-state index in [0.717, 1.165) is 37.8 Å². The summed E-state index contributed by atoms with van der Waals surface area (Å²) in [5, 5.41) is -1.56. The first kappa shape index (κ1) is 42.2. The average Bonchev–Trinajstić information content (AvgIpc) is 2.98. The van der Waals surface area contributed by atoms with Crippen LogP contribution < -0.4 is 9.47 Å². The quantitative estimate of drug-likeness (QED) is 0.0806. The largest absolute Gasteiger partial charge is 0.461 e. The molecule has 0 spiro atoms. The number of rotatable bonds is 14. The molecule has 0 aromatic heterocycles. The molecule has 0 unspecified atom stereocenters. The predicted molar refractivity (Wildman–Crippen MR) is 190 cm³/mol. The molecule has 2 aromatic rings. The van der Waals surface area contributed by atoms with E-state index in [-0.39, 0.29) is 43.3 Å². The summed E-state index contributed by atoms with van der Waals surface area (Å²) < 4.78 is 21.4. The molecule has 0 aliphatic rings. The molecule has 0 amide bonds. The highest BCUT2D eigenvalue weighted by molar-refractivity contribution is 6.47. The highest BCUT2D eigenvalue weighted by Crippen LogP contribution is 2.42. The highest BCUT2D eigenvalue weighted by atomic mass is 35.5. The van der Waals surface area contributed by atoms with E-state index in [2.05, 4.69) is 27.7 Å². The van der Waals surface area contributed by atoms with Crippen LogP contribution in [-0.4, -0.2) is 37.1 Å². The van der Waals surface area contributed by atoms with Crippen LogP contribution >= 0.6 is 69.6 Å². The van der Waals surface area contributed by atoms with Gasteiger partial charge in [-0.1, -0.05) is 138 Å². The van der Waals surface area contributed by atoms with E-state index < -0.39 is 57.3 Å². The average molecular weight is 789 g/mol. The predicted octanol–water partition coefficient (Wildman–Crippen LogP) is 11.4. The standard InChI is InChI=1S/C34H40Cl6O8/c1-17(2)9-11-33(5,6)15-45-29(41)23-25(39)19(35)13-21(37)27(23)47-31(43)32(44)48-28-22(38)14-20(36)26(40)24(28)30(42)46-16-34(7,8)12-10-18(3)4/h13-14,17-18H,9-12,15-16H2,1-8H3. The molecular formula is C34H40Cl6O8. The summed E-state index contributed by atoms with van der Waals surface area (Å²) in [6.45, 7) is 16.0. The van der Waals surface area contributed by atoms with Gasteiger partial charge in [0.25, 0.3) is 0 Å². The Morgan fingerprint density at radius 1 is 0.583 bits per heavy atom. The van der Waals surface area contributed by atoms with Gasteiger partial charge in [-0.25, -0.2) is 19.2 Å². The number of hydrogen-bond acceptors (Lipinski definition) is 8. The summed E-state index contributed by atoms with van der Waals surface area (Å²) in [5.41, 5.74) is -1.74. The number of benzene rings is 2. The summed E-state index contributed by atoms with van der Waals surface area (Å²) in [6, 6.07) is 2.24. The van der Waals surface area contributed by atoms with Crippen LogP contribution in [0.15, 0.2) is 12.1 Å². The second-order valence-electron chi connectivity index (χ2n) is 13.8. The van der Waals surface area contributed by atoms with Gasteiger partial charge in [-0.05, 0) is 47.6 Å². The van der Waals surface area contributed by atoms with Crippen molar-refractivity contribution in [3.63, 3.8) is 0 Å². The SMILES string of the molecule is CC(C)CCC(C)(C)COC(=O)c1c(Cl)c(Cl)cc(Cl)c1OC(=O)C(=O)Oc1c(Cl)cc(Cl)c(Cl)c1C(=O)OCC(C)(C)CCC(C)C. The van der Waals surface area contributed by atoms with Crippen molar-refractivity contribution in [2.24, 2.45) is 22.7 Å². The van der Waals surface area contributed by atoms with Gasteiger partial charge in [0.15, 0.2) is 11.5 Å². The van der Waals surface area contributed by atoms with Gasteiger partial charge in [0.1, 0.15) is 11.1 Å². The van der Waals surface area contributed by atoms with Crippen molar-refractivity contribution in [1.29, 1.82) is 0 Å². The Bertz CT molecular complexity index is 1420. The first-order chi connectivity index (χ1) is 22.1. The third-order valence-corrected chi connectivity index (χ3v) is 9.34. The molecule has 0 N–H and O–H groups in total. The van der Waals surface area contributed by atoms with Crippen LogP contribution in [0.2, 0.25) is 30.1 Å². The van der Waals surface area contributed by atoms with Crippen LogP contribution in [0.25, 0.3) is 0 Å². The molecular weight excluding hydrogens is 749 g/mol. The maximum absolute atomic E-state index is 13.2. The van der Waals surface area contributed by atoms with Crippen LogP contribution in [0.5, 0.6) is 11.5 Å². The van der Waals surface area contributed by atoms with E-state index in [1.165, 1.54) is 0 Å². The second-order valence-corrected chi connectivity index (χ2v) is 16.2. The summed E-state index contributed by atoms with van der Waals surface area (Å²) in [5.74, 6) is -5.60. The molecule has 48 heavy (non-hydrogen) atoms. The fourth-order valence-corrected chi connectivity index (χ4v) is 5.60. The number of carbonyl (C=O) groups excluding carboxylic acids is 4. The Morgan fingerprint density at radius 2 is 0.896 bits per heavy atom. The summed E-state index contributed by atoms with van der Waals surface area (Å²) >= 11 is 37.5. The Kier molecular flexibility index (Phi) is 15.7. The highest BCUT2D eigenvalue weighted by Gasteiger charge is 2.33. The molecule has 8 nitrogen and oxygen atoms in total. The van der Waals surface area contributed by atoms with Crippen molar-refractivity contribution in [1.82, 2.24) is 0 Å². The molecule has 2 aromatic carbocycles. The minimum atomic E-state index is -1.65. The minimum Gasteiger partial charge on any atom is -0.461 e. The molecule has 2 rings (SSSR count). The summed E-state index contributed by atoms with van der Waals surface area (Å²) in [7, 11) is 0. The van der Waals surface area contributed by atoms with E-state index in [1.807, 2.05) is 27.7 Å². The van der Waals surface area contributed by atoms with Gasteiger partial charge in [0.05, 0.1) is 43.3 Å². The lowest BCUT2D eigenvalue weighted by atomic mass is 9.86. The molecule has 0 heterocycles. The smallest absolute Gasteiger partial charge is 0.423 e. The fraction of sp³-hybridized carbons (Fsp3) is 0.529. The second kappa shape index (κ2) is 17.8. The molecule has 0 fully saturated rings. The topological polar surface area (TPSA) is 105 Å². The Hall–Kier alpha value is -1.94. The van der Waals surface area contributed by atoms with Crippen LogP contribution in [0, 0.1) is 22.7 Å². The van der Waals surface area contributed by atoms with Crippen LogP contribution in [-0.2, 0) is 19.1 Å². The molecule has 0 saturated heterocycles. The van der Waals surface area contributed by atoms with Crippen LogP contribution in [0.1, 0.15) is 102 Å². The number of hydrogen-bond donors (Lipinski definition) is 0. The zero-order valence-corrected chi connectivity index (χ0v) is 32.6. The van der Waals surface area contributed by atoms with Gasteiger partial charge < -0.3 is 18.9 Å². The minimum absolute atomic E-state index is 0.00193. The third kappa shape index (κ3) is 12.1. The molecule has 0 aliphatic carbocycles. The number of halogens is 6. The van der Waals surface area contributed by atoms with Gasteiger partial charge in [0.2, 0.25) is 0 Å². The lowest BCUT2D eigenvalue weighted by molar-refractivity contribution is -0.156. The molecule has 0 atom stereocenters. The first-order valence-corrected chi connectivity index (χ1v) is 17.5. The summed E-state index contributed by atoms with van der Waals surface area (Å²) in [6.07, 6.45) is 3.33. The summed E-state index contributed by atoms with van der Waals surface area (Å²) in [4.78, 5) is 52.5.